The molecule has 4 N–H and O–H groups in total. The second-order valence-electron chi connectivity index (χ2n) is 3.37. The van der Waals surface area contributed by atoms with Gasteiger partial charge in [-0.2, -0.15) is 0 Å². The first-order chi connectivity index (χ1) is 7.29. The van der Waals surface area contributed by atoms with Crippen molar-refractivity contribution >= 4 is 11.4 Å². The van der Waals surface area contributed by atoms with Gasteiger partial charge in [-0.3, -0.25) is 0 Å². The fraction of sp³-hybridized carbons (Fsp3) is 0. The molecule has 0 aliphatic rings. The van der Waals surface area contributed by atoms with Gasteiger partial charge in [-0.1, -0.05) is 24.3 Å². The minimum Gasteiger partial charge on any atom is -0.630 e. The minimum absolute atomic E-state index is 0.676. The Morgan fingerprint density at radius 1 is 0.933 bits per heavy atom. The van der Waals surface area contributed by atoms with E-state index in [-0.39, 0.29) is 0 Å². The van der Waals surface area contributed by atoms with Crippen LogP contribution in [0.3, 0.4) is 0 Å². The Balaban J connectivity index is 2.44. The standard InChI is InChI=1S/C12H12N2O/c13-11-5-1-3-9(7-11)10-4-2-6-12(8-10)14-15/h1-8H,13-14H2. The number of quaternary nitrogens is 1. The van der Waals surface area contributed by atoms with Gasteiger partial charge >= 0.3 is 0 Å². The summed E-state index contributed by atoms with van der Waals surface area (Å²) in [6, 6.07) is 15.1. The molecule has 0 amide bonds. The number of hydrogen-bond donors (Lipinski definition) is 2. The van der Waals surface area contributed by atoms with E-state index in [2.05, 4.69) is 0 Å². The van der Waals surface area contributed by atoms with Crippen molar-refractivity contribution in [3.05, 3.63) is 53.7 Å². The van der Waals surface area contributed by atoms with Crippen molar-refractivity contribution in [3.8, 4) is 11.1 Å². The molecule has 0 aromatic heterocycles. The molecule has 2 aromatic carbocycles. The lowest BCUT2D eigenvalue weighted by Crippen LogP contribution is -2.70. The molecule has 3 heteroatoms. The summed E-state index contributed by atoms with van der Waals surface area (Å²) in [6.45, 7) is 0. The summed E-state index contributed by atoms with van der Waals surface area (Å²) in [7, 11) is 0. The third kappa shape index (κ3) is 2.15. The lowest BCUT2D eigenvalue weighted by Gasteiger charge is -2.05. The Morgan fingerprint density at radius 2 is 1.60 bits per heavy atom. The summed E-state index contributed by atoms with van der Waals surface area (Å²) in [4.78, 5) is 0. The predicted molar refractivity (Wildman–Crippen MR) is 61.2 cm³/mol. The van der Waals surface area contributed by atoms with Crippen molar-refractivity contribution in [3.63, 3.8) is 0 Å². The topological polar surface area (TPSA) is 65.7 Å². The average Bonchev–Trinajstić information content (AvgIpc) is 2.29. The summed E-state index contributed by atoms with van der Waals surface area (Å²) in [5, 5.41) is 10.6. The molecule has 0 fully saturated rings. The molecule has 0 saturated heterocycles. The van der Waals surface area contributed by atoms with Crippen LogP contribution in [0, 0.1) is 5.21 Å². The van der Waals surface area contributed by atoms with Gasteiger partial charge in [0.2, 0.25) is 0 Å². The smallest absolute Gasteiger partial charge is 0.130 e. The molecule has 3 nitrogen and oxygen atoms in total. The zero-order chi connectivity index (χ0) is 10.7. The van der Waals surface area contributed by atoms with Crippen LogP contribution in [-0.2, 0) is 0 Å². The van der Waals surface area contributed by atoms with E-state index in [9.17, 15) is 5.21 Å². The highest BCUT2D eigenvalue weighted by Gasteiger charge is 1.99. The third-order valence-corrected chi connectivity index (χ3v) is 2.24. The maximum Gasteiger partial charge on any atom is 0.130 e. The number of benzene rings is 2. The number of anilines is 1. The average molecular weight is 200 g/mol. The Hall–Kier alpha value is -1.84. The fourth-order valence-corrected chi connectivity index (χ4v) is 1.51. The third-order valence-electron chi connectivity index (χ3n) is 2.24. The van der Waals surface area contributed by atoms with Crippen LogP contribution in [0.15, 0.2) is 48.5 Å². The maximum absolute atomic E-state index is 10.6. The molecule has 0 bridgehead atoms. The Kier molecular flexibility index (Phi) is 2.67. The highest BCUT2D eigenvalue weighted by molar-refractivity contribution is 5.69. The first-order valence-electron chi connectivity index (χ1n) is 4.71. The van der Waals surface area contributed by atoms with Crippen LogP contribution in [0.4, 0.5) is 11.4 Å². The van der Waals surface area contributed by atoms with Crippen LogP contribution in [0.5, 0.6) is 0 Å². The van der Waals surface area contributed by atoms with Gasteiger partial charge in [0.15, 0.2) is 0 Å². The van der Waals surface area contributed by atoms with Gasteiger partial charge in [0.05, 0.1) is 0 Å². The van der Waals surface area contributed by atoms with Gasteiger partial charge in [-0.05, 0) is 29.3 Å². The van der Waals surface area contributed by atoms with Crippen LogP contribution in [0.25, 0.3) is 11.1 Å². The van der Waals surface area contributed by atoms with Crippen molar-refractivity contribution in [1.29, 1.82) is 0 Å². The van der Waals surface area contributed by atoms with Crippen LogP contribution in [-0.4, -0.2) is 0 Å². The maximum atomic E-state index is 10.6. The van der Waals surface area contributed by atoms with E-state index in [1.165, 1.54) is 0 Å². The zero-order valence-corrected chi connectivity index (χ0v) is 8.18. The minimum atomic E-state index is 0.676. The summed E-state index contributed by atoms with van der Waals surface area (Å²) in [6.07, 6.45) is 0. The lowest BCUT2D eigenvalue weighted by atomic mass is 10.0. The Morgan fingerprint density at radius 3 is 2.27 bits per heavy atom. The monoisotopic (exact) mass is 200 g/mol. The van der Waals surface area contributed by atoms with Crippen molar-refractivity contribution in [2.24, 2.45) is 0 Å². The normalized spacial score (nSPS) is 10.2. The predicted octanol–water partition coefficient (Wildman–Crippen LogP) is 1.63. The molecule has 0 radical (unpaired) electrons. The van der Waals surface area contributed by atoms with Crippen LogP contribution in [0.2, 0.25) is 0 Å². The highest BCUT2D eigenvalue weighted by atomic mass is 16.5. The van der Waals surface area contributed by atoms with Crippen molar-refractivity contribution in [1.82, 2.24) is 0 Å². The zero-order valence-electron chi connectivity index (χ0n) is 8.18. The molecule has 0 saturated carbocycles. The van der Waals surface area contributed by atoms with Crippen molar-refractivity contribution < 1.29 is 5.48 Å². The number of nitrogens with two attached hydrogens (primary N) is 2. The molecular weight excluding hydrogens is 188 g/mol. The van der Waals surface area contributed by atoms with E-state index in [4.69, 9.17) is 5.73 Å². The fourth-order valence-electron chi connectivity index (χ4n) is 1.51. The molecule has 0 atom stereocenters. The van der Waals surface area contributed by atoms with Crippen LogP contribution < -0.4 is 11.2 Å². The summed E-state index contributed by atoms with van der Waals surface area (Å²) in [5.41, 5.74) is 9.97. The first kappa shape index (κ1) is 9.71. The Labute approximate surface area is 88.1 Å². The van der Waals surface area contributed by atoms with Gasteiger partial charge in [-0.15, -0.1) is 0 Å². The quantitative estimate of drug-likeness (QED) is 0.571. The molecule has 0 heterocycles. The van der Waals surface area contributed by atoms with Gasteiger partial charge in [-0.25, -0.2) is 0 Å². The second kappa shape index (κ2) is 4.13. The van der Waals surface area contributed by atoms with Crippen LogP contribution in [0.1, 0.15) is 0 Å². The SMILES string of the molecule is Nc1cccc(-c2cccc([NH2+][O-])c2)c1. The van der Waals surface area contributed by atoms with Gasteiger partial charge < -0.3 is 16.4 Å². The molecule has 15 heavy (non-hydrogen) atoms. The molecule has 2 rings (SSSR count). The van der Waals surface area contributed by atoms with E-state index >= 15 is 0 Å². The van der Waals surface area contributed by atoms with E-state index in [0.29, 0.717) is 5.69 Å². The first-order valence-corrected chi connectivity index (χ1v) is 4.71. The number of nitrogen functional groups attached to an aromatic ring is 1. The van der Waals surface area contributed by atoms with Crippen LogP contribution >= 0.6 is 0 Å². The lowest BCUT2D eigenvalue weighted by molar-refractivity contribution is -0.497. The molecule has 76 valence electrons. The second-order valence-corrected chi connectivity index (χ2v) is 3.37. The number of rotatable bonds is 2. The highest BCUT2D eigenvalue weighted by Crippen LogP contribution is 2.22. The van der Waals surface area contributed by atoms with Crippen molar-refractivity contribution in [2.75, 3.05) is 5.73 Å². The van der Waals surface area contributed by atoms with Gasteiger partial charge in [0.1, 0.15) is 5.69 Å². The molecule has 0 aliphatic heterocycles. The summed E-state index contributed by atoms with van der Waals surface area (Å²) < 4.78 is 0. The molecule has 0 spiro atoms. The van der Waals surface area contributed by atoms with Gasteiger partial charge in [0, 0.05) is 11.8 Å². The molecule has 0 aliphatic carbocycles. The summed E-state index contributed by atoms with van der Waals surface area (Å²) >= 11 is 0. The van der Waals surface area contributed by atoms with Gasteiger partial charge in [0.25, 0.3) is 0 Å². The Bertz CT molecular complexity index is 469. The largest absolute Gasteiger partial charge is 0.630 e. The summed E-state index contributed by atoms with van der Waals surface area (Å²) in [5.74, 6) is 0. The molecule has 0 unspecified atom stereocenters. The van der Waals surface area contributed by atoms with E-state index in [0.717, 1.165) is 22.3 Å². The number of hydrogen-bond acceptors (Lipinski definition) is 2. The van der Waals surface area contributed by atoms with Crippen molar-refractivity contribution in [2.45, 2.75) is 0 Å². The van der Waals surface area contributed by atoms with E-state index in [1.807, 2.05) is 42.5 Å². The van der Waals surface area contributed by atoms with E-state index in [1.54, 1.807) is 6.07 Å². The molecule has 2 aromatic rings. The molecular formula is C12H12N2O. The van der Waals surface area contributed by atoms with E-state index < -0.39 is 0 Å².